The van der Waals surface area contributed by atoms with Gasteiger partial charge in [-0.3, -0.25) is 5.32 Å². The highest BCUT2D eigenvalue weighted by molar-refractivity contribution is 7.15. The molecule has 7 heteroatoms. The van der Waals surface area contributed by atoms with Gasteiger partial charge in [0.05, 0.1) is 0 Å². The summed E-state index contributed by atoms with van der Waals surface area (Å²) in [6, 6.07) is 9.54. The minimum Gasteiger partial charge on any atom is -0.396 e. The molecule has 2 amide bonds. The van der Waals surface area contributed by atoms with Crippen molar-refractivity contribution >= 4 is 22.5 Å². The van der Waals surface area contributed by atoms with Gasteiger partial charge >= 0.3 is 6.03 Å². The maximum atomic E-state index is 12.1. The van der Waals surface area contributed by atoms with E-state index < -0.39 is 0 Å². The maximum Gasteiger partial charge on any atom is 0.321 e. The average molecular weight is 348 g/mol. The first-order chi connectivity index (χ1) is 11.4. The number of amides is 2. The zero-order valence-corrected chi connectivity index (χ0v) is 15.1. The zero-order valence-electron chi connectivity index (χ0n) is 14.2. The van der Waals surface area contributed by atoms with Gasteiger partial charge in [0.25, 0.3) is 0 Å². The molecular weight excluding hydrogens is 324 g/mol. The van der Waals surface area contributed by atoms with E-state index in [2.05, 4.69) is 41.6 Å². The predicted octanol–water partition coefficient (Wildman–Crippen LogP) is 3.12. The summed E-state index contributed by atoms with van der Waals surface area (Å²) in [7, 11) is 0. The second-order valence-electron chi connectivity index (χ2n) is 6.62. The number of carbonyl (C=O) groups is 1. The van der Waals surface area contributed by atoms with Gasteiger partial charge in [0.1, 0.15) is 5.01 Å². The van der Waals surface area contributed by atoms with Crippen molar-refractivity contribution in [2.75, 3.05) is 18.5 Å². The van der Waals surface area contributed by atoms with Gasteiger partial charge in [-0.1, -0.05) is 62.4 Å². The van der Waals surface area contributed by atoms with Gasteiger partial charge in [0, 0.05) is 24.5 Å². The normalized spacial score (nSPS) is 12.7. The quantitative estimate of drug-likeness (QED) is 0.748. The lowest BCUT2D eigenvalue weighted by molar-refractivity contribution is 0.248. The minimum absolute atomic E-state index is 0.0708. The Kier molecular flexibility index (Phi) is 6.28. The molecule has 24 heavy (non-hydrogen) atoms. The van der Waals surface area contributed by atoms with Crippen LogP contribution in [0.5, 0.6) is 0 Å². The molecule has 1 aromatic heterocycles. The number of hydrogen-bond acceptors (Lipinski definition) is 5. The Morgan fingerprint density at radius 3 is 2.54 bits per heavy atom. The molecule has 0 aliphatic heterocycles. The molecule has 2 aromatic rings. The molecular formula is C17H24N4O2S. The van der Waals surface area contributed by atoms with E-state index in [1.807, 2.05) is 30.3 Å². The summed E-state index contributed by atoms with van der Waals surface area (Å²) >= 11 is 1.37. The molecule has 1 aromatic carbocycles. The number of hydrogen-bond donors (Lipinski definition) is 3. The second-order valence-corrected chi connectivity index (χ2v) is 7.59. The van der Waals surface area contributed by atoms with Crippen LogP contribution in [0.4, 0.5) is 9.93 Å². The number of anilines is 1. The van der Waals surface area contributed by atoms with E-state index in [1.54, 1.807) is 0 Å². The molecule has 0 saturated carbocycles. The molecule has 0 fully saturated rings. The fourth-order valence-corrected chi connectivity index (χ4v) is 3.00. The Morgan fingerprint density at radius 2 is 1.96 bits per heavy atom. The lowest BCUT2D eigenvalue weighted by Gasteiger charge is -2.17. The third-order valence-corrected chi connectivity index (χ3v) is 4.81. The second kappa shape index (κ2) is 8.21. The first-order valence-electron chi connectivity index (χ1n) is 7.95. The van der Waals surface area contributed by atoms with Crippen molar-refractivity contribution in [2.24, 2.45) is 0 Å². The lowest BCUT2D eigenvalue weighted by Crippen LogP contribution is -2.32. The van der Waals surface area contributed by atoms with Crippen LogP contribution in [-0.2, 0) is 5.41 Å². The van der Waals surface area contributed by atoms with Gasteiger partial charge in [-0.25, -0.2) is 4.79 Å². The number of nitrogens with zero attached hydrogens (tertiary/aromatic N) is 2. The number of carbonyl (C=O) groups excluding carboxylic acids is 1. The van der Waals surface area contributed by atoms with Gasteiger partial charge in [-0.05, 0) is 12.0 Å². The van der Waals surface area contributed by atoms with E-state index in [0.29, 0.717) is 18.1 Å². The summed E-state index contributed by atoms with van der Waals surface area (Å²) in [6.45, 7) is 6.68. The highest BCUT2D eigenvalue weighted by Gasteiger charge is 2.20. The Morgan fingerprint density at radius 1 is 1.25 bits per heavy atom. The van der Waals surface area contributed by atoms with E-state index in [-0.39, 0.29) is 24.0 Å². The first-order valence-corrected chi connectivity index (χ1v) is 8.76. The molecule has 1 unspecified atom stereocenters. The molecule has 0 aliphatic carbocycles. The standard InChI is InChI=1S/C17H24N4O2S/c1-17(2,3)14-20-21-16(24-14)19-15(23)18-11-13(9-10-22)12-7-5-4-6-8-12/h4-8,13,22H,9-11H2,1-3H3,(H2,18,19,21,23). The number of aromatic nitrogens is 2. The Labute approximate surface area is 146 Å². The molecule has 0 spiro atoms. The topological polar surface area (TPSA) is 87.1 Å². The van der Waals surface area contributed by atoms with E-state index in [0.717, 1.165) is 10.6 Å². The maximum absolute atomic E-state index is 12.1. The molecule has 1 atom stereocenters. The number of nitrogens with one attached hydrogen (secondary N) is 2. The van der Waals surface area contributed by atoms with Crippen molar-refractivity contribution in [1.29, 1.82) is 0 Å². The molecule has 0 bridgehead atoms. The fraction of sp³-hybridized carbons (Fsp3) is 0.471. The van der Waals surface area contributed by atoms with Crippen LogP contribution in [0.3, 0.4) is 0 Å². The first kappa shape index (κ1) is 18.4. The van der Waals surface area contributed by atoms with Gasteiger partial charge in [0.15, 0.2) is 0 Å². The summed E-state index contributed by atoms with van der Waals surface area (Å²) in [6.07, 6.45) is 0.595. The van der Waals surface area contributed by atoms with E-state index in [9.17, 15) is 9.90 Å². The number of benzene rings is 1. The molecule has 0 radical (unpaired) electrons. The number of rotatable bonds is 6. The molecule has 6 nitrogen and oxygen atoms in total. The number of urea groups is 1. The van der Waals surface area contributed by atoms with E-state index in [4.69, 9.17) is 0 Å². The van der Waals surface area contributed by atoms with Crippen molar-refractivity contribution in [1.82, 2.24) is 15.5 Å². The fourth-order valence-electron chi connectivity index (χ4n) is 2.20. The molecule has 130 valence electrons. The zero-order chi connectivity index (χ0) is 17.6. The molecule has 1 heterocycles. The van der Waals surface area contributed by atoms with Gasteiger partial charge in [0.2, 0.25) is 5.13 Å². The highest BCUT2D eigenvalue weighted by atomic mass is 32.1. The van der Waals surface area contributed by atoms with Crippen LogP contribution < -0.4 is 10.6 Å². The summed E-state index contributed by atoms with van der Waals surface area (Å²) < 4.78 is 0. The summed E-state index contributed by atoms with van der Waals surface area (Å²) in [4.78, 5) is 12.1. The lowest BCUT2D eigenvalue weighted by atomic mass is 9.96. The van der Waals surface area contributed by atoms with Crippen LogP contribution in [0.15, 0.2) is 30.3 Å². The van der Waals surface area contributed by atoms with Crippen molar-refractivity contribution in [3.05, 3.63) is 40.9 Å². The van der Waals surface area contributed by atoms with Crippen LogP contribution >= 0.6 is 11.3 Å². The Bertz CT molecular complexity index is 652. The summed E-state index contributed by atoms with van der Waals surface area (Å²) in [5, 5.41) is 24.3. The van der Waals surface area contributed by atoms with Crippen LogP contribution in [0.1, 0.15) is 43.7 Å². The summed E-state index contributed by atoms with van der Waals surface area (Å²) in [5.74, 6) is 0.0708. The van der Waals surface area contributed by atoms with Crippen LogP contribution in [-0.4, -0.2) is 34.5 Å². The van der Waals surface area contributed by atoms with Crippen LogP contribution in [0.2, 0.25) is 0 Å². The van der Waals surface area contributed by atoms with Gasteiger partial charge in [-0.15, -0.1) is 10.2 Å². The molecule has 3 N–H and O–H groups in total. The Hall–Kier alpha value is -1.99. The van der Waals surface area contributed by atoms with Crippen molar-refractivity contribution in [3.63, 3.8) is 0 Å². The molecule has 0 aliphatic rings. The van der Waals surface area contributed by atoms with Crippen LogP contribution in [0, 0.1) is 0 Å². The van der Waals surface area contributed by atoms with E-state index in [1.165, 1.54) is 11.3 Å². The number of aliphatic hydroxyl groups is 1. The SMILES string of the molecule is CC(C)(C)c1nnc(NC(=O)NCC(CCO)c2ccccc2)s1. The van der Waals surface area contributed by atoms with Crippen molar-refractivity contribution < 1.29 is 9.90 Å². The van der Waals surface area contributed by atoms with Crippen molar-refractivity contribution in [3.8, 4) is 0 Å². The number of aliphatic hydroxyl groups excluding tert-OH is 1. The monoisotopic (exact) mass is 348 g/mol. The van der Waals surface area contributed by atoms with Crippen LogP contribution in [0.25, 0.3) is 0 Å². The van der Waals surface area contributed by atoms with Crippen molar-refractivity contribution in [2.45, 2.75) is 38.5 Å². The van der Waals surface area contributed by atoms with Gasteiger partial charge < -0.3 is 10.4 Å². The minimum atomic E-state index is -0.314. The Balaban J connectivity index is 1.90. The smallest absolute Gasteiger partial charge is 0.321 e. The summed E-state index contributed by atoms with van der Waals surface area (Å²) in [5.41, 5.74) is 1.01. The van der Waals surface area contributed by atoms with E-state index >= 15 is 0 Å². The average Bonchev–Trinajstić information content (AvgIpc) is 3.01. The third kappa shape index (κ3) is 5.28. The largest absolute Gasteiger partial charge is 0.396 e. The third-order valence-electron chi connectivity index (χ3n) is 3.54. The predicted molar refractivity (Wildman–Crippen MR) is 96.5 cm³/mol. The molecule has 0 saturated heterocycles. The molecule has 2 rings (SSSR count). The van der Waals surface area contributed by atoms with Gasteiger partial charge in [-0.2, -0.15) is 0 Å². The highest BCUT2D eigenvalue weighted by Crippen LogP contribution is 2.27.